The summed E-state index contributed by atoms with van der Waals surface area (Å²) in [5, 5.41) is 10.7. The molecule has 0 atom stereocenters. The van der Waals surface area contributed by atoms with E-state index in [2.05, 4.69) is 152 Å². The quantitative estimate of drug-likeness (QED) is 0.164. The lowest BCUT2D eigenvalue weighted by atomic mass is 9.91. The lowest BCUT2D eigenvalue weighted by Gasteiger charge is -2.14. The number of hydrogen-bond donors (Lipinski definition) is 0. The van der Waals surface area contributed by atoms with Crippen molar-refractivity contribution in [3.63, 3.8) is 0 Å². The van der Waals surface area contributed by atoms with Gasteiger partial charge in [-0.15, -0.1) is 0 Å². The molecule has 12 rings (SSSR count). The first-order valence-electron chi connectivity index (χ1n) is 19.9. The van der Waals surface area contributed by atoms with Crippen molar-refractivity contribution in [1.82, 2.24) is 15.0 Å². The van der Waals surface area contributed by atoms with Gasteiger partial charge in [0.25, 0.3) is 0 Å². The zero-order chi connectivity index (χ0) is 38.9. The highest BCUT2D eigenvalue weighted by Crippen LogP contribution is 2.43. The third kappa shape index (κ3) is 5.42. The van der Waals surface area contributed by atoms with E-state index >= 15 is 0 Å². The molecule has 9 aromatic carbocycles. The van der Waals surface area contributed by atoms with Gasteiger partial charge in [0.15, 0.2) is 11.4 Å². The fraction of sp³-hybridized carbons (Fsp3) is 0. The van der Waals surface area contributed by atoms with E-state index in [1.165, 1.54) is 32.3 Å². The van der Waals surface area contributed by atoms with Gasteiger partial charge in [0.2, 0.25) is 0 Å². The van der Waals surface area contributed by atoms with Crippen LogP contribution in [-0.2, 0) is 0 Å². The number of aromatic nitrogens is 3. The lowest BCUT2D eigenvalue weighted by molar-refractivity contribution is 0.669. The Morgan fingerprint density at radius 2 is 0.831 bits per heavy atom. The molecule has 59 heavy (non-hydrogen) atoms. The number of nitrogens with zero attached hydrogens (tertiary/aromatic N) is 3. The van der Waals surface area contributed by atoms with Crippen molar-refractivity contribution in [2.24, 2.45) is 0 Å². The fourth-order valence-electron chi connectivity index (χ4n) is 8.88. The molecule has 4 nitrogen and oxygen atoms in total. The predicted molar refractivity (Wildman–Crippen MR) is 244 cm³/mol. The molecule has 0 N–H and O–H groups in total. The number of pyridine rings is 1. The highest BCUT2D eigenvalue weighted by molar-refractivity contribution is 6.26. The molecule has 0 aliphatic rings. The van der Waals surface area contributed by atoms with Gasteiger partial charge in [-0.3, -0.25) is 0 Å². The lowest BCUT2D eigenvalue weighted by Crippen LogP contribution is -1.96. The van der Waals surface area contributed by atoms with Crippen molar-refractivity contribution < 1.29 is 4.42 Å². The smallest absolute Gasteiger partial charge is 0.162 e. The maximum absolute atomic E-state index is 6.70. The van der Waals surface area contributed by atoms with Crippen molar-refractivity contribution in [2.75, 3.05) is 0 Å². The third-order valence-electron chi connectivity index (χ3n) is 11.7. The first-order valence-corrected chi connectivity index (χ1v) is 19.9. The van der Waals surface area contributed by atoms with Crippen LogP contribution in [0, 0.1) is 0 Å². The van der Waals surface area contributed by atoms with E-state index in [1.54, 1.807) is 0 Å². The molecule has 12 aromatic rings. The Labute approximate surface area is 339 Å². The van der Waals surface area contributed by atoms with Crippen LogP contribution >= 0.6 is 0 Å². The topological polar surface area (TPSA) is 51.8 Å². The van der Waals surface area contributed by atoms with Crippen molar-refractivity contribution >= 4 is 65.2 Å². The molecule has 0 bridgehead atoms. The maximum atomic E-state index is 6.70. The van der Waals surface area contributed by atoms with Gasteiger partial charge in [0.05, 0.1) is 16.9 Å². The summed E-state index contributed by atoms with van der Waals surface area (Å²) in [4.78, 5) is 15.6. The Morgan fingerprint density at radius 3 is 1.51 bits per heavy atom. The minimum absolute atomic E-state index is 0.689. The van der Waals surface area contributed by atoms with E-state index in [-0.39, 0.29) is 0 Å². The van der Waals surface area contributed by atoms with Crippen LogP contribution in [0.5, 0.6) is 0 Å². The van der Waals surface area contributed by atoms with E-state index in [0.717, 1.165) is 83.3 Å². The van der Waals surface area contributed by atoms with E-state index < -0.39 is 0 Å². The normalized spacial score (nSPS) is 11.7. The molecule has 0 saturated heterocycles. The van der Waals surface area contributed by atoms with Crippen LogP contribution in [0.4, 0.5) is 0 Å². The maximum Gasteiger partial charge on any atom is 0.162 e. The molecule has 3 aromatic heterocycles. The summed E-state index contributed by atoms with van der Waals surface area (Å²) in [6.45, 7) is 0. The van der Waals surface area contributed by atoms with Crippen molar-refractivity contribution in [1.29, 1.82) is 0 Å². The van der Waals surface area contributed by atoms with Crippen molar-refractivity contribution in [3.05, 3.63) is 200 Å². The summed E-state index contributed by atoms with van der Waals surface area (Å²) >= 11 is 0. The number of rotatable bonds is 5. The first kappa shape index (κ1) is 33.2. The van der Waals surface area contributed by atoms with Gasteiger partial charge in [0, 0.05) is 44.0 Å². The number of para-hydroxylation sites is 2. The Hall–Kier alpha value is -7.95. The molecule has 0 saturated carbocycles. The number of benzene rings is 9. The molecule has 0 spiro atoms. The largest absolute Gasteiger partial charge is 0.454 e. The van der Waals surface area contributed by atoms with Crippen LogP contribution < -0.4 is 0 Å². The van der Waals surface area contributed by atoms with Gasteiger partial charge in [-0.25, -0.2) is 15.0 Å². The SMILES string of the molecule is c1ccc(-c2cc(-c3ccc(-c4nc5c(-c6ccc7c8ccccc8c8ccccc8c7c6)cccc5c5c4oc4ccccc45)cc3)nc(-c3ccccc3)n2)cc1. The van der Waals surface area contributed by atoms with Gasteiger partial charge < -0.3 is 4.42 Å². The Morgan fingerprint density at radius 1 is 0.322 bits per heavy atom. The minimum Gasteiger partial charge on any atom is -0.454 e. The Bertz CT molecular complexity index is 3500. The molecule has 4 heteroatoms. The number of hydrogen-bond acceptors (Lipinski definition) is 4. The summed E-state index contributed by atoms with van der Waals surface area (Å²) < 4.78 is 6.70. The monoisotopic (exact) mass is 751 g/mol. The molecular weight excluding hydrogens is 719 g/mol. The van der Waals surface area contributed by atoms with E-state index in [0.29, 0.717) is 5.82 Å². The second kappa shape index (κ2) is 13.3. The molecule has 274 valence electrons. The van der Waals surface area contributed by atoms with Crippen LogP contribution in [0.2, 0.25) is 0 Å². The van der Waals surface area contributed by atoms with Gasteiger partial charge in [-0.1, -0.05) is 182 Å². The second-order valence-electron chi connectivity index (χ2n) is 15.1. The summed E-state index contributed by atoms with van der Waals surface area (Å²) in [6, 6.07) is 70.2. The van der Waals surface area contributed by atoms with Crippen molar-refractivity contribution in [3.8, 4) is 56.3 Å². The highest BCUT2D eigenvalue weighted by Gasteiger charge is 2.21. The third-order valence-corrected chi connectivity index (χ3v) is 11.7. The van der Waals surface area contributed by atoms with E-state index in [1.807, 2.05) is 48.5 Å². The summed E-state index contributed by atoms with van der Waals surface area (Å²) in [6.07, 6.45) is 0. The zero-order valence-electron chi connectivity index (χ0n) is 31.8. The zero-order valence-corrected chi connectivity index (χ0v) is 31.8. The van der Waals surface area contributed by atoms with E-state index in [4.69, 9.17) is 19.4 Å². The van der Waals surface area contributed by atoms with Crippen LogP contribution in [0.1, 0.15) is 0 Å². The molecule has 3 heterocycles. The van der Waals surface area contributed by atoms with Gasteiger partial charge in [-0.05, 0) is 56.1 Å². The number of fused-ring (bicyclic) bond motifs is 11. The van der Waals surface area contributed by atoms with Gasteiger partial charge in [0.1, 0.15) is 11.3 Å². The summed E-state index contributed by atoms with van der Waals surface area (Å²) in [7, 11) is 0. The molecule has 0 fully saturated rings. The molecule has 0 amide bonds. The number of furan rings is 1. The molecular formula is C55H33N3O. The van der Waals surface area contributed by atoms with Crippen LogP contribution in [0.3, 0.4) is 0 Å². The molecule has 0 aliphatic carbocycles. The standard InChI is InChI=1S/C55H33N3O/c1-3-14-34(15-4-1)48-33-49(57-55(56-48)37-16-5-2-6-17-37)35-26-28-36(29-27-35)52-54-51(45-22-11-12-25-50(45)59-54)46-24-13-23-39(53(46)58-52)38-30-31-44-42-20-8-7-18-40(42)41-19-9-10-21-43(41)47(44)32-38/h1-33H. The first-order chi connectivity index (χ1) is 29.2. The molecule has 0 unspecified atom stereocenters. The van der Waals surface area contributed by atoms with Gasteiger partial charge in [-0.2, -0.15) is 0 Å². The summed E-state index contributed by atoms with van der Waals surface area (Å²) in [5.41, 5.74) is 11.3. The summed E-state index contributed by atoms with van der Waals surface area (Å²) in [5.74, 6) is 0.689. The van der Waals surface area contributed by atoms with Crippen LogP contribution in [-0.4, -0.2) is 15.0 Å². The Kier molecular flexibility index (Phi) is 7.50. The van der Waals surface area contributed by atoms with Crippen LogP contribution in [0.25, 0.3) is 121 Å². The molecule has 0 aliphatic heterocycles. The average molecular weight is 752 g/mol. The second-order valence-corrected chi connectivity index (χ2v) is 15.1. The van der Waals surface area contributed by atoms with Gasteiger partial charge >= 0.3 is 0 Å². The van der Waals surface area contributed by atoms with Crippen LogP contribution in [0.15, 0.2) is 205 Å². The predicted octanol–water partition coefficient (Wildman–Crippen LogP) is 14.7. The average Bonchev–Trinajstić information content (AvgIpc) is 3.72. The van der Waals surface area contributed by atoms with E-state index in [9.17, 15) is 0 Å². The Balaban J connectivity index is 1.05. The highest BCUT2D eigenvalue weighted by atomic mass is 16.3. The molecule has 0 radical (unpaired) electrons. The fourth-order valence-corrected chi connectivity index (χ4v) is 8.88. The van der Waals surface area contributed by atoms with Crippen molar-refractivity contribution in [2.45, 2.75) is 0 Å². The minimum atomic E-state index is 0.689.